The van der Waals surface area contributed by atoms with E-state index in [1.165, 1.54) is 0 Å². The van der Waals surface area contributed by atoms with Gasteiger partial charge < -0.3 is 18.7 Å². The molecule has 0 bridgehead atoms. The maximum atomic E-state index is 12.2. The van der Waals surface area contributed by atoms with E-state index < -0.39 is 13.7 Å². The molecule has 1 unspecified atom stereocenters. The van der Waals surface area contributed by atoms with Crippen molar-refractivity contribution in [3.8, 4) is 11.5 Å². The lowest BCUT2D eigenvalue weighted by Crippen LogP contribution is -2.49. The second-order valence-electron chi connectivity index (χ2n) is 8.97. The summed E-state index contributed by atoms with van der Waals surface area (Å²) in [6.45, 7) is 11.6. The van der Waals surface area contributed by atoms with Crippen LogP contribution in [0.3, 0.4) is 0 Å². The molecule has 2 aliphatic rings. The Hall–Kier alpha value is -0.853. The highest BCUT2D eigenvalue weighted by Crippen LogP contribution is 2.47. The smallest absolute Gasteiger partial charge is 0.231 e. The van der Waals surface area contributed by atoms with Crippen molar-refractivity contribution in [2.24, 2.45) is 0 Å². The molecule has 1 aliphatic carbocycles. The van der Waals surface area contributed by atoms with E-state index in [2.05, 4.69) is 49.8 Å². The zero-order valence-corrected chi connectivity index (χ0v) is 18.9. The van der Waals surface area contributed by atoms with Gasteiger partial charge in [0.25, 0.3) is 0 Å². The predicted octanol–water partition coefficient (Wildman–Crippen LogP) is 5.19. The van der Waals surface area contributed by atoms with E-state index >= 15 is 0 Å². The highest BCUT2D eigenvalue weighted by Gasteiger charge is 2.47. The molecule has 1 fully saturated rings. The van der Waals surface area contributed by atoms with E-state index in [1.54, 1.807) is 0 Å². The Labute approximate surface area is 165 Å². The van der Waals surface area contributed by atoms with Crippen molar-refractivity contribution in [2.75, 3.05) is 6.79 Å². The molecule has 3 atom stereocenters. The number of alkyl halides is 1. The van der Waals surface area contributed by atoms with Crippen LogP contribution in [0.25, 0.3) is 0 Å². The summed E-state index contributed by atoms with van der Waals surface area (Å²) in [6.07, 6.45) is 3.79. The number of benzene rings is 1. The minimum absolute atomic E-state index is 0.0383. The van der Waals surface area contributed by atoms with Crippen molar-refractivity contribution < 1.29 is 18.7 Å². The summed E-state index contributed by atoms with van der Waals surface area (Å²) in [4.78, 5) is 12.2. The van der Waals surface area contributed by atoms with E-state index in [1.807, 2.05) is 18.2 Å². The quantitative estimate of drug-likeness (QED) is 0.367. The summed E-state index contributed by atoms with van der Waals surface area (Å²) in [7, 11) is -1.82. The molecule has 0 spiro atoms. The molecular weight excluding hydrogens is 412 g/mol. The second-order valence-corrected chi connectivity index (χ2v) is 14.8. The Balaban J connectivity index is 1.79. The maximum Gasteiger partial charge on any atom is 0.231 e. The molecule has 3 rings (SSSR count). The van der Waals surface area contributed by atoms with Gasteiger partial charge in [0, 0.05) is 10.9 Å². The largest absolute Gasteiger partial charge is 0.454 e. The van der Waals surface area contributed by atoms with Gasteiger partial charge in [-0.25, -0.2) is 0 Å². The fourth-order valence-corrected chi connectivity index (χ4v) is 5.95. The van der Waals surface area contributed by atoms with Gasteiger partial charge >= 0.3 is 0 Å². The monoisotopic (exact) mass is 440 g/mol. The Kier molecular flexibility index (Phi) is 5.32. The molecule has 1 aromatic rings. The number of carbonyl (C=O) groups is 1. The number of rotatable bonds is 4. The maximum absolute atomic E-state index is 12.2. The van der Waals surface area contributed by atoms with Crippen molar-refractivity contribution in [1.29, 1.82) is 0 Å². The first kappa shape index (κ1) is 19.9. The zero-order valence-electron chi connectivity index (χ0n) is 16.3. The number of carbonyl (C=O) groups excluding carboxylic acids is 1. The fourth-order valence-electron chi connectivity index (χ4n) is 3.53. The summed E-state index contributed by atoms with van der Waals surface area (Å²) < 4.78 is 17.5. The van der Waals surface area contributed by atoms with Crippen LogP contribution in [0.5, 0.6) is 11.5 Å². The number of hydrogen-bond donors (Lipinski definition) is 0. The van der Waals surface area contributed by atoms with Crippen molar-refractivity contribution in [3.63, 3.8) is 0 Å². The highest BCUT2D eigenvalue weighted by molar-refractivity contribution is 9.09. The van der Waals surface area contributed by atoms with Crippen LogP contribution in [-0.2, 0) is 14.6 Å². The molecular formula is C20H29BrO4Si. The third-order valence-electron chi connectivity index (χ3n) is 6.30. The fraction of sp³-hybridized carbons (Fsp3) is 0.650. The van der Waals surface area contributed by atoms with Gasteiger partial charge in [-0.15, -0.1) is 0 Å². The van der Waals surface area contributed by atoms with Crippen molar-refractivity contribution in [1.82, 2.24) is 0 Å². The first-order valence-electron chi connectivity index (χ1n) is 9.27. The minimum Gasteiger partial charge on any atom is -0.454 e. The average molecular weight is 441 g/mol. The third kappa shape index (κ3) is 3.48. The predicted molar refractivity (Wildman–Crippen MR) is 109 cm³/mol. The SMILES string of the molecule is CC(C)(C)[Si](C)(C)OC1CC[C@](C=O)(c2ccc3c(c2)OCO3)[C@@H](Br)C1. The molecule has 1 aliphatic heterocycles. The van der Waals surface area contributed by atoms with Crippen molar-refractivity contribution >= 4 is 30.5 Å². The van der Waals surface area contributed by atoms with Gasteiger partial charge in [0.1, 0.15) is 6.29 Å². The number of halogens is 1. The van der Waals surface area contributed by atoms with Crippen LogP contribution in [0, 0.1) is 0 Å². The van der Waals surface area contributed by atoms with Gasteiger partial charge in [0.05, 0.1) is 5.41 Å². The summed E-state index contributed by atoms with van der Waals surface area (Å²) in [6, 6.07) is 5.85. The number of aldehydes is 1. The molecule has 1 heterocycles. The van der Waals surface area contributed by atoms with Crippen LogP contribution >= 0.6 is 15.9 Å². The van der Waals surface area contributed by atoms with E-state index in [-0.39, 0.29) is 22.8 Å². The Morgan fingerprint density at radius 1 is 1.27 bits per heavy atom. The molecule has 144 valence electrons. The van der Waals surface area contributed by atoms with Gasteiger partial charge in [-0.1, -0.05) is 42.8 Å². The van der Waals surface area contributed by atoms with Gasteiger partial charge in [-0.2, -0.15) is 0 Å². The van der Waals surface area contributed by atoms with Crippen LogP contribution in [-0.4, -0.2) is 32.3 Å². The normalized spacial score (nSPS) is 28.8. The summed E-state index contributed by atoms with van der Waals surface area (Å²) >= 11 is 3.82. The average Bonchev–Trinajstić information content (AvgIpc) is 3.01. The third-order valence-corrected chi connectivity index (χ3v) is 12.0. The van der Waals surface area contributed by atoms with Gasteiger partial charge in [-0.05, 0) is 55.1 Å². The summed E-state index contributed by atoms with van der Waals surface area (Å²) in [5.41, 5.74) is 0.443. The molecule has 0 saturated heterocycles. The molecule has 0 amide bonds. The first-order chi connectivity index (χ1) is 12.1. The van der Waals surface area contributed by atoms with Crippen molar-refractivity contribution in [2.45, 2.75) is 74.5 Å². The number of hydrogen-bond acceptors (Lipinski definition) is 4. The minimum atomic E-state index is -1.82. The first-order valence-corrected chi connectivity index (χ1v) is 13.1. The standard InChI is InChI=1S/C20H29BrO4Si/c1-19(2,3)26(4,5)25-15-8-9-20(12-22,18(21)11-15)14-6-7-16-17(10-14)24-13-23-16/h6-7,10,12,15,18H,8-9,11,13H2,1-5H3/t15?,18-,20-/m0/s1. The number of ether oxygens (including phenoxy) is 2. The topological polar surface area (TPSA) is 44.8 Å². The van der Waals surface area contributed by atoms with Gasteiger partial charge in [0.2, 0.25) is 6.79 Å². The lowest BCUT2D eigenvalue weighted by Gasteiger charge is -2.45. The van der Waals surface area contributed by atoms with Gasteiger partial charge in [-0.3, -0.25) is 0 Å². The Morgan fingerprint density at radius 2 is 1.96 bits per heavy atom. The van der Waals surface area contributed by atoms with Crippen LogP contribution in [0.2, 0.25) is 18.1 Å². The Morgan fingerprint density at radius 3 is 2.58 bits per heavy atom. The van der Waals surface area contributed by atoms with Crippen molar-refractivity contribution in [3.05, 3.63) is 23.8 Å². The summed E-state index contributed by atoms with van der Waals surface area (Å²) in [5, 5.41) is 0.186. The molecule has 6 heteroatoms. The zero-order chi connectivity index (χ0) is 19.2. The second kappa shape index (κ2) is 6.95. The van der Waals surface area contributed by atoms with E-state index in [0.717, 1.165) is 42.6 Å². The lowest BCUT2D eigenvalue weighted by atomic mass is 9.69. The molecule has 0 radical (unpaired) electrons. The van der Waals surface area contributed by atoms with Crippen LogP contribution in [0.1, 0.15) is 45.6 Å². The highest BCUT2D eigenvalue weighted by atomic mass is 79.9. The van der Waals surface area contributed by atoms with E-state index in [9.17, 15) is 4.79 Å². The molecule has 0 aromatic heterocycles. The molecule has 1 aromatic carbocycles. The molecule has 0 N–H and O–H groups in total. The van der Waals surface area contributed by atoms with E-state index in [0.29, 0.717) is 0 Å². The van der Waals surface area contributed by atoms with Crippen LogP contribution < -0.4 is 9.47 Å². The van der Waals surface area contributed by atoms with E-state index in [4.69, 9.17) is 13.9 Å². The van der Waals surface area contributed by atoms with Crippen LogP contribution in [0.4, 0.5) is 0 Å². The lowest BCUT2D eigenvalue weighted by molar-refractivity contribution is -0.114. The Bertz CT molecular complexity index is 685. The summed E-state index contributed by atoms with van der Waals surface area (Å²) in [5.74, 6) is 1.47. The molecule has 26 heavy (non-hydrogen) atoms. The molecule has 4 nitrogen and oxygen atoms in total. The number of fused-ring (bicyclic) bond motifs is 1. The van der Waals surface area contributed by atoms with Gasteiger partial charge in [0.15, 0.2) is 19.8 Å². The van der Waals surface area contributed by atoms with Crippen LogP contribution in [0.15, 0.2) is 18.2 Å². The molecule has 1 saturated carbocycles.